The Morgan fingerprint density at radius 1 is 1.22 bits per heavy atom. The second kappa shape index (κ2) is 5.42. The second-order valence-corrected chi connectivity index (χ2v) is 4.41. The molecule has 2 N–H and O–H groups in total. The molecular formula is C12H11N3O2S. The molecule has 1 heterocycles. The zero-order chi connectivity index (χ0) is 13.0. The summed E-state index contributed by atoms with van der Waals surface area (Å²) in [6, 6.07) is 9.72. The Hall–Kier alpha value is -2.21. The number of anilines is 1. The molecule has 0 aliphatic carbocycles. The molecule has 3 amide bonds. The van der Waals surface area contributed by atoms with Gasteiger partial charge in [0, 0.05) is 5.56 Å². The number of aryl methyl sites for hydroxylation is 1. The molecule has 2 aromatic rings. The van der Waals surface area contributed by atoms with Gasteiger partial charge in [-0.15, -0.1) is 0 Å². The lowest BCUT2D eigenvalue weighted by Crippen LogP contribution is -2.34. The van der Waals surface area contributed by atoms with Crippen LogP contribution in [-0.4, -0.2) is 16.3 Å². The molecule has 0 saturated heterocycles. The zero-order valence-electron chi connectivity index (χ0n) is 9.64. The van der Waals surface area contributed by atoms with E-state index in [2.05, 4.69) is 15.0 Å². The number of urea groups is 1. The van der Waals surface area contributed by atoms with E-state index in [-0.39, 0.29) is 0 Å². The van der Waals surface area contributed by atoms with Crippen molar-refractivity contribution in [2.45, 2.75) is 6.92 Å². The van der Waals surface area contributed by atoms with Gasteiger partial charge in [-0.3, -0.25) is 15.4 Å². The minimum Gasteiger partial charge on any atom is -0.298 e. The van der Waals surface area contributed by atoms with Crippen molar-refractivity contribution in [3.8, 4) is 0 Å². The standard InChI is InChI=1S/C12H11N3O2S/c1-8-7-10(18-15-8)13-12(17)14-11(16)9-5-3-2-4-6-9/h2-7H,1H3,(H2,13,14,16,17). The molecule has 1 aromatic carbocycles. The van der Waals surface area contributed by atoms with Crippen molar-refractivity contribution in [2.75, 3.05) is 5.32 Å². The number of rotatable bonds is 2. The number of hydrogen-bond acceptors (Lipinski definition) is 4. The molecular weight excluding hydrogens is 250 g/mol. The summed E-state index contributed by atoms with van der Waals surface area (Å²) in [5, 5.41) is 5.40. The van der Waals surface area contributed by atoms with Gasteiger partial charge in [0.05, 0.1) is 5.69 Å². The van der Waals surface area contributed by atoms with Gasteiger partial charge in [0.15, 0.2) is 0 Å². The Balaban J connectivity index is 1.94. The van der Waals surface area contributed by atoms with E-state index in [9.17, 15) is 9.59 Å². The topological polar surface area (TPSA) is 71.1 Å². The zero-order valence-corrected chi connectivity index (χ0v) is 10.5. The van der Waals surface area contributed by atoms with Crippen LogP contribution < -0.4 is 10.6 Å². The predicted octanol–water partition coefficient (Wildman–Crippen LogP) is 2.41. The van der Waals surface area contributed by atoms with E-state index >= 15 is 0 Å². The molecule has 0 aliphatic heterocycles. The fourth-order valence-electron chi connectivity index (χ4n) is 1.33. The Kier molecular flexibility index (Phi) is 3.69. The first-order valence-electron chi connectivity index (χ1n) is 5.26. The maximum absolute atomic E-state index is 11.7. The van der Waals surface area contributed by atoms with E-state index in [1.807, 2.05) is 6.92 Å². The fraction of sp³-hybridized carbons (Fsp3) is 0.0833. The summed E-state index contributed by atoms with van der Waals surface area (Å²) < 4.78 is 4.02. The molecule has 18 heavy (non-hydrogen) atoms. The molecule has 0 saturated carbocycles. The van der Waals surface area contributed by atoms with Gasteiger partial charge in [-0.25, -0.2) is 4.79 Å². The Morgan fingerprint density at radius 3 is 2.56 bits per heavy atom. The van der Waals surface area contributed by atoms with Crippen LogP contribution in [0.2, 0.25) is 0 Å². The largest absolute Gasteiger partial charge is 0.326 e. The average Bonchev–Trinajstić information content (AvgIpc) is 2.75. The van der Waals surface area contributed by atoms with Gasteiger partial charge in [-0.05, 0) is 36.7 Å². The third-order valence-corrected chi connectivity index (χ3v) is 2.92. The van der Waals surface area contributed by atoms with Crippen LogP contribution in [0.4, 0.5) is 9.80 Å². The van der Waals surface area contributed by atoms with Crippen LogP contribution in [-0.2, 0) is 0 Å². The summed E-state index contributed by atoms with van der Waals surface area (Å²) in [6.45, 7) is 1.83. The van der Waals surface area contributed by atoms with Gasteiger partial charge in [-0.1, -0.05) is 18.2 Å². The normalized spacial score (nSPS) is 9.83. The Bertz CT molecular complexity index is 566. The molecule has 92 valence electrons. The highest BCUT2D eigenvalue weighted by Gasteiger charge is 2.10. The van der Waals surface area contributed by atoms with Crippen LogP contribution in [0.15, 0.2) is 36.4 Å². The number of imide groups is 1. The lowest BCUT2D eigenvalue weighted by molar-refractivity contribution is 0.0967. The van der Waals surface area contributed by atoms with Gasteiger partial charge in [0.2, 0.25) is 0 Å². The van der Waals surface area contributed by atoms with Gasteiger partial charge >= 0.3 is 6.03 Å². The van der Waals surface area contributed by atoms with Gasteiger partial charge in [0.1, 0.15) is 5.00 Å². The number of carbonyl (C=O) groups excluding carboxylic acids is 2. The van der Waals surface area contributed by atoms with Crippen LogP contribution >= 0.6 is 11.5 Å². The fourth-order valence-corrected chi connectivity index (χ4v) is 1.99. The number of benzene rings is 1. The van der Waals surface area contributed by atoms with Gasteiger partial charge < -0.3 is 0 Å². The second-order valence-electron chi connectivity index (χ2n) is 3.61. The summed E-state index contributed by atoms with van der Waals surface area (Å²) >= 11 is 1.17. The summed E-state index contributed by atoms with van der Waals surface area (Å²) in [5.74, 6) is -0.436. The van der Waals surface area contributed by atoms with Crippen LogP contribution in [0.1, 0.15) is 16.1 Å². The molecule has 6 heteroatoms. The van der Waals surface area contributed by atoms with E-state index in [0.717, 1.165) is 5.69 Å². The van der Waals surface area contributed by atoms with E-state index in [0.29, 0.717) is 10.6 Å². The Labute approximate surface area is 108 Å². The predicted molar refractivity (Wildman–Crippen MR) is 69.8 cm³/mol. The molecule has 0 spiro atoms. The van der Waals surface area contributed by atoms with Crippen molar-refractivity contribution in [3.63, 3.8) is 0 Å². The maximum Gasteiger partial charge on any atom is 0.326 e. The third-order valence-electron chi connectivity index (χ3n) is 2.13. The summed E-state index contributed by atoms with van der Waals surface area (Å²) in [5.41, 5.74) is 1.26. The number of amides is 3. The molecule has 2 rings (SSSR count). The van der Waals surface area contributed by atoms with E-state index < -0.39 is 11.9 Å². The first-order chi connectivity index (χ1) is 8.65. The molecule has 0 aliphatic rings. The van der Waals surface area contributed by atoms with Crippen molar-refractivity contribution < 1.29 is 9.59 Å². The molecule has 1 aromatic heterocycles. The van der Waals surface area contributed by atoms with Gasteiger partial charge in [-0.2, -0.15) is 4.37 Å². The minimum absolute atomic E-state index is 0.436. The molecule has 0 fully saturated rings. The van der Waals surface area contributed by atoms with Crippen molar-refractivity contribution in [3.05, 3.63) is 47.7 Å². The average molecular weight is 261 g/mol. The first-order valence-corrected chi connectivity index (χ1v) is 6.03. The summed E-state index contributed by atoms with van der Waals surface area (Å²) in [6.07, 6.45) is 0. The Morgan fingerprint density at radius 2 is 1.94 bits per heavy atom. The van der Waals surface area contributed by atoms with Crippen LogP contribution in [0.3, 0.4) is 0 Å². The number of nitrogens with zero attached hydrogens (tertiary/aromatic N) is 1. The molecule has 0 bridgehead atoms. The highest BCUT2D eigenvalue weighted by Crippen LogP contribution is 2.14. The molecule has 5 nitrogen and oxygen atoms in total. The quantitative estimate of drug-likeness (QED) is 0.872. The smallest absolute Gasteiger partial charge is 0.298 e. The summed E-state index contributed by atoms with van der Waals surface area (Å²) in [7, 11) is 0. The number of aromatic nitrogens is 1. The molecule has 0 unspecified atom stereocenters. The molecule has 0 radical (unpaired) electrons. The first kappa shape index (κ1) is 12.3. The highest BCUT2D eigenvalue weighted by molar-refractivity contribution is 7.10. The lowest BCUT2D eigenvalue weighted by atomic mass is 10.2. The van der Waals surface area contributed by atoms with Crippen LogP contribution in [0, 0.1) is 6.92 Å². The van der Waals surface area contributed by atoms with Crippen LogP contribution in [0.25, 0.3) is 0 Å². The number of hydrogen-bond donors (Lipinski definition) is 2. The van der Waals surface area contributed by atoms with E-state index in [1.54, 1.807) is 36.4 Å². The van der Waals surface area contributed by atoms with Crippen molar-refractivity contribution >= 4 is 28.5 Å². The third kappa shape index (κ3) is 3.14. The minimum atomic E-state index is -0.562. The monoisotopic (exact) mass is 261 g/mol. The number of carbonyl (C=O) groups is 2. The van der Waals surface area contributed by atoms with E-state index in [1.165, 1.54) is 11.5 Å². The number of nitrogens with one attached hydrogen (secondary N) is 2. The van der Waals surface area contributed by atoms with Crippen molar-refractivity contribution in [1.82, 2.24) is 9.69 Å². The molecule has 0 atom stereocenters. The SMILES string of the molecule is Cc1cc(NC(=O)NC(=O)c2ccccc2)sn1. The maximum atomic E-state index is 11.7. The van der Waals surface area contributed by atoms with Gasteiger partial charge in [0.25, 0.3) is 5.91 Å². The lowest BCUT2D eigenvalue weighted by Gasteiger charge is -2.04. The van der Waals surface area contributed by atoms with E-state index in [4.69, 9.17) is 0 Å². The highest BCUT2D eigenvalue weighted by atomic mass is 32.1. The van der Waals surface area contributed by atoms with Crippen molar-refractivity contribution in [1.29, 1.82) is 0 Å². The van der Waals surface area contributed by atoms with Crippen molar-refractivity contribution in [2.24, 2.45) is 0 Å². The summed E-state index contributed by atoms with van der Waals surface area (Å²) in [4.78, 5) is 23.2. The van der Waals surface area contributed by atoms with Crippen LogP contribution in [0.5, 0.6) is 0 Å².